The van der Waals surface area contributed by atoms with Gasteiger partial charge in [-0.15, -0.1) is 0 Å². The standard InChI is InChI=1S/C13H19N5OS/c1-17(11-4-2-9(14)3-5-11)7-10-6-12(19)18-13(16-10)20-8-15-18/h6,8-9,11H,2-5,7,14H2,1H3. The number of hydrogen-bond donors (Lipinski definition) is 1. The molecule has 6 nitrogen and oxygen atoms in total. The second kappa shape index (κ2) is 5.59. The molecule has 0 saturated heterocycles. The Hall–Kier alpha value is -1.31. The molecule has 0 aliphatic heterocycles. The quantitative estimate of drug-likeness (QED) is 0.908. The topological polar surface area (TPSA) is 76.5 Å². The molecule has 0 unspecified atom stereocenters. The Bertz CT molecular complexity index is 643. The van der Waals surface area contributed by atoms with Crippen LogP contribution in [0.1, 0.15) is 31.4 Å². The average molecular weight is 293 g/mol. The molecule has 2 N–H and O–H groups in total. The number of rotatable bonds is 3. The molecule has 1 aliphatic carbocycles. The summed E-state index contributed by atoms with van der Waals surface area (Å²) in [4.78, 5) is 19.3. The van der Waals surface area contributed by atoms with Crippen LogP contribution in [0.25, 0.3) is 4.96 Å². The smallest absolute Gasteiger partial charge is 0.275 e. The first-order chi connectivity index (χ1) is 9.63. The maximum Gasteiger partial charge on any atom is 0.275 e. The van der Waals surface area contributed by atoms with Crippen molar-refractivity contribution in [2.45, 2.75) is 44.3 Å². The maximum atomic E-state index is 11.9. The lowest BCUT2D eigenvalue weighted by Gasteiger charge is -2.33. The third-order valence-electron chi connectivity index (χ3n) is 4.02. The first kappa shape index (κ1) is 13.7. The fourth-order valence-corrected chi connectivity index (χ4v) is 3.45. The molecule has 3 rings (SSSR count). The van der Waals surface area contributed by atoms with Crippen molar-refractivity contribution in [3.8, 4) is 0 Å². The van der Waals surface area contributed by atoms with E-state index in [1.165, 1.54) is 15.9 Å². The third kappa shape index (κ3) is 2.74. The van der Waals surface area contributed by atoms with Crippen molar-refractivity contribution in [3.05, 3.63) is 27.6 Å². The SMILES string of the molecule is CN(Cc1cc(=O)n2ncsc2n1)C1CCC(N)CC1. The van der Waals surface area contributed by atoms with Gasteiger partial charge in [-0.1, -0.05) is 11.3 Å². The zero-order valence-corrected chi connectivity index (χ0v) is 12.3. The summed E-state index contributed by atoms with van der Waals surface area (Å²) in [7, 11) is 2.09. The van der Waals surface area contributed by atoms with Gasteiger partial charge in [-0.2, -0.15) is 9.61 Å². The van der Waals surface area contributed by atoms with Crippen molar-refractivity contribution in [3.63, 3.8) is 0 Å². The van der Waals surface area contributed by atoms with Crippen molar-refractivity contribution >= 4 is 16.3 Å². The van der Waals surface area contributed by atoms with Gasteiger partial charge in [0.1, 0.15) is 5.51 Å². The minimum Gasteiger partial charge on any atom is -0.328 e. The summed E-state index contributed by atoms with van der Waals surface area (Å²) in [5.74, 6) is 0. The number of nitrogens with two attached hydrogens (primary N) is 1. The largest absolute Gasteiger partial charge is 0.328 e. The van der Waals surface area contributed by atoms with E-state index in [1.807, 2.05) is 0 Å². The van der Waals surface area contributed by atoms with Crippen LogP contribution in [0, 0.1) is 0 Å². The number of fused-ring (bicyclic) bond motifs is 1. The lowest BCUT2D eigenvalue weighted by molar-refractivity contribution is 0.174. The van der Waals surface area contributed by atoms with E-state index in [2.05, 4.69) is 22.0 Å². The van der Waals surface area contributed by atoms with Crippen LogP contribution in [-0.4, -0.2) is 38.6 Å². The predicted molar refractivity (Wildman–Crippen MR) is 78.8 cm³/mol. The van der Waals surface area contributed by atoms with Crippen LogP contribution in [0.5, 0.6) is 0 Å². The molecule has 0 aromatic carbocycles. The van der Waals surface area contributed by atoms with Gasteiger partial charge < -0.3 is 5.73 Å². The van der Waals surface area contributed by atoms with E-state index in [0.29, 0.717) is 23.6 Å². The molecular weight excluding hydrogens is 274 g/mol. The summed E-state index contributed by atoms with van der Waals surface area (Å²) in [6, 6.07) is 2.48. The molecule has 0 spiro atoms. The number of hydrogen-bond acceptors (Lipinski definition) is 6. The molecule has 108 valence electrons. The van der Waals surface area contributed by atoms with Gasteiger partial charge >= 0.3 is 0 Å². The van der Waals surface area contributed by atoms with Crippen LogP contribution < -0.4 is 11.3 Å². The van der Waals surface area contributed by atoms with E-state index in [-0.39, 0.29) is 5.56 Å². The monoisotopic (exact) mass is 293 g/mol. The molecule has 2 heterocycles. The van der Waals surface area contributed by atoms with E-state index < -0.39 is 0 Å². The second-order valence-electron chi connectivity index (χ2n) is 5.50. The summed E-state index contributed by atoms with van der Waals surface area (Å²) in [6.45, 7) is 0.698. The molecule has 7 heteroatoms. The Morgan fingerprint density at radius 1 is 1.45 bits per heavy atom. The highest BCUT2D eigenvalue weighted by molar-refractivity contribution is 7.14. The van der Waals surface area contributed by atoms with Crippen LogP contribution in [0.2, 0.25) is 0 Å². The van der Waals surface area contributed by atoms with Crippen molar-refractivity contribution < 1.29 is 0 Å². The van der Waals surface area contributed by atoms with E-state index in [0.717, 1.165) is 31.4 Å². The minimum atomic E-state index is -0.106. The molecule has 1 fully saturated rings. The Kier molecular flexibility index (Phi) is 3.82. The second-order valence-corrected chi connectivity index (χ2v) is 6.31. The zero-order valence-electron chi connectivity index (χ0n) is 11.5. The van der Waals surface area contributed by atoms with Crippen LogP contribution in [0.3, 0.4) is 0 Å². The summed E-state index contributed by atoms with van der Waals surface area (Å²) >= 11 is 1.38. The van der Waals surface area contributed by atoms with E-state index in [4.69, 9.17) is 5.73 Å². The molecule has 0 amide bonds. The number of aromatic nitrogens is 3. The average Bonchev–Trinajstić information content (AvgIpc) is 2.88. The number of nitrogens with zero attached hydrogens (tertiary/aromatic N) is 4. The molecule has 1 saturated carbocycles. The highest BCUT2D eigenvalue weighted by Gasteiger charge is 2.22. The van der Waals surface area contributed by atoms with E-state index in [1.54, 1.807) is 11.6 Å². The Balaban J connectivity index is 1.73. The Morgan fingerprint density at radius 2 is 2.20 bits per heavy atom. The van der Waals surface area contributed by atoms with Gasteiger partial charge in [0.2, 0.25) is 4.96 Å². The van der Waals surface area contributed by atoms with E-state index in [9.17, 15) is 4.79 Å². The van der Waals surface area contributed by atoms with Crippen molar-refractivity contribution in [2.75, 3.05) is 7.05 Å². The van der Waals surface area contributed by atoms with Crippen molar-refractivity contribution in [1.29, 1.82) is 0 Å². The van der Waals surface area contributed by atoms with Crippen LogP contribution >= 0.6 is 11.3 Å². The van der Waals surface area contributed by atoms with Crippen molar-refractivity contribution in [2.24, 2.45) is 5.73 Å². The first-order valence-electron chi connectivity index (χ1n) is 6.92. The highest BCUT2D eigenvalue weighted by atomic mass is 32.1. The van der Waals surface area contributed by atoms with Crippen LogP contribution in [-0.2, 0) is 6.54 Å². The van der Waals surface area contributed by atoms with Gasteiger partial charge in [0.05, 0.1) is 5.69 Å². The fourth-order valence-electron chi connectivity index (χ4n) is 2.81. The Morgan fingerprint density at radius 3 is 2.95 bits per heavy atom. The lowest BCUT2D eigenvalue weighted by Crippen LogP contribution is -2.38. The van der Waals surface area contributed by atoms with Crippen LogP contribution in [0.15, 0.2) is 16.4 Å². The van der Waals surface area contributed by atoms with Gasteiger partial charge in [0.25, 0.3) is 5.56 Å². The Labute approximate surface area is 121 Å². The summed E-state index contributed by atoms with van der Waals surface area (Å²) in [6.07, 6.45) is 4.41. The van der Waals surface area contributed by atoms with Gasteiger partial charge in [-0.3, -0.25) is 9.69 Å². The van der Waals surface area contributed by atoms with Gasteiger partial charge in [0.15, 0.2) is 0 Å². The molecule has 0 atom stereocenters. The summed E-state index contributed by atoms with van der Waals surface area (Å²) < 4.78 is 1.34. The molecule has 2 aromatic rings. The van der Waals surface area contributed by atoms with Gasteiger partial charge in [0, 0.05) is 24.7 Å². The predicted octanol–water partition coefficient (Wildman–Crippen LogP) is 0.853. The normalized spacial score (nSPS) is 23.6. The maximum absolute atomic E-state index is 11.9. The molecule has 0 radical (unpaired) electrons. The third-order valence-corrected chi connectivity index (χ3v) is 4.69. The summed E-state index contributed by atoms with van der Waals surface area (Å²) in [5, 5.41) is 3.97. The summed E-state index contributed by atoms with van der Waals surface area (Å²) in [5.41, 5.74) is 8.29. The van der Waals surface area contributed by atoms with Crippen LogP contribution in [0.4, 0.5) is 0 Å². The van der Waals surface area contributed by atoms with Gasteiger partial charge in [-0.05, 0) is 32.7 Å². The molecule has 20 heavy (non-hydrogen) atoms. The van der Waals surface area contributed by atoms with Crippen molar-refractivity contribution in [1.82, 2.24) is 19.5 Å². The lowest BCUT2D eigenvalue weighted by atomic mass is 9.91. The van der Waals surface area contributed by atoms with Gasteiger partial charge in [-0.25, -0.2) is 4.98 Å². The molecular formula is C13H19N5OS. The highest BCUT2D eigenvalue weighted by Crippen LogP contribution is 2.22. The molecule has 0 bridgehead atoms. The fraction of sp³-hybridized carbons (Fsp3) is 0.615. The minimum absolute atomic E-state index is 0.106. The van der Waals surface area contributed by atoms with E-state index >= 15 is 0 Å². The first-order valence-corrected chi connectivity index (χ1v) is 7.80. The molecule has 2 aromatic heterocycles. The molecule has 1 aliphatic rings. The zero-order chi connectivity index (χ0) is 14.1.